The van der Waals surface area contributed by atoms with E-state index in [9.17, 15) is 9.59 Å². The highest BCUT2D eigenvalue weighted by atomic mass is 16.2. The van der Waals surface area contributed by atoms with E-state index in [4.69, 9.17) is 10.7 Å². The molecule has 6 rings (SSSR count). The number of anilines is 3. The van der Waals surface area contributed by atoms with Crippen molar-refractivity contribution in [3.63, 3.8) is 0 Å². The minimum absolute atomic E-state index is 0.0958. The number of nitrogens with two attached hydrogens (primary N) is 1. The number of primary amides is 1. The van der Waals surface area contributed by atoms with Gasteiger partial charge in [-0.25, -0.2) is 9.97 Å². The van der Waals surface area contributed by atoms with Gasteiger partial charge in [0.1, 0.15) is 5.82 Å². The molecular formula is C30H41N7O2. The third-order valence-corrected chi connectivity index (χ3v) is 9.05. The fourth-order valence-electron chi connectivity index (χ4n) is 6.61. The van der Waals surface area contributed by atoms with Crippen LogP contribution in [0.5, 0.6) is 0 Å². The van der Waals surface area contributed by atoms with Gasteiger partial charge in [-0.1, -0.05) is 25.0 Å². The van der Waals surface area contributed by atoms with Gasteiger partial charge in [0, 0.05) is 36.8 Å². The molecule has 1 aromatic heterocycles. The average molecular weight is 532 g/mol. The van der Waals surface area contributed by atoms with Gasteiger partial charge in [-0.3, -0.25) is 9.59 Å². The molecule has 3 heterocycles. The minimum Gasteiger partial charge on any atom is -0.364 e. The number of rotatable bonds is 8. The molecule has 2 aliphatic heterocycles. The molecule has 2 aromatic rings. The summed E-state index contributed by atoms with van der Waals surface area (Å²) in [4.78, 5) is 38.4. The van der Waals surface area contributed by atoms with Gasteiger partial charge in [0.05, 0.1) is 6.20 Å². The minimum atomic E-state index is -0.615. The maximum absolute atomic E-state index is 12.3. The highest BCUT2D eigenvalue weighted by molar-refractivity contribution is 5.96. The molecule has 1 unspecified atom stereocenters. The van der Waals surface area contributed by atoms with Crippen LogP contribution in [0, 0.1) is 5.92 Å². The number of nitrogens with zero attached hydrogens (tertiary/aromatic N) is 4. The molecule has 39 heavy (non-hydrogen) atoms. The number of aromatic nitrogens is 2. The Labute approximate surface area is 230 Å². The smallest absolute Gasteiger partial charge is 0.271 e. The maximum Gasteiger partial charge on any atom is 0.271 e. The van der Waals surface area contributed by atoms with Crippen molar-refractivity contribution in [2.45, 2.75) is 82.2 Å². The van der Waals surface area contributed by atoms with Crippen LogP contribution in [0.15, 0.2) is 30.5 Å². The van der Waals surface area contributed by atoms with Crippen molar-refractivity contribution in [3.05, 3.63) is 41.7 Å². The van der Waals surface area contributed by atoms with Crippen molar-refractivity contribution in [2.75, 3.05) is 36.4 Å². The molecule has 2 amide bonds. The lowest BCUT2D eigenvalue weighted by Crippen LogP contribution is -2.48. The Balaban J connectivity index is 1.10. The summed E-state index contributed by atoms with van der Waals surface area (Å²) in [7, 11) is 0. The second-order valence-electron chi connectivity index (χ2n) is 11.9. The quantitative estimate of drug-likeness (QED) is 0.472. The van der Waals surface area contributed by atoms with Crippen LogP contribution in [-0.4, -0.2) is 64.9 Å². The molecule has 9 nitrogen and oxygen atoms in total. The summed E-state index contributed by atoms with van der Waals surface area (Å²) in [6.07, 6.45) is 13.5. The fourth-order valence-corrected chi connectivity index (χ4v) is 6.61. The molecule has 9 heteroatoms. The summed E-state index contributed by atoms with van der Waals surface area (Å²) in [6.45, 7) is 3.90. The summed E-state index contributed by atoms with van der Waals surface area (Å²) >= 11 is 0. The van der Waals surface area contributed by atoms with E-state index in [-0.39, 0.29) is 23.6 Å². The predicted octanol–water partition coefficient (Wildman–Crippen LogP) is 3.94. The Bertz CT molecular complexity index is 1170. The zero-order valence-corrected chi connectivity index (χ0v) is 22.8. The van der Waals surface area contributed by atoms with Gasteiger partial charge in [-0.15, -0.1) is 0 Å². The third-order valence-electron chi connectivity index (χ3n) is 9.05. The summed E-state index contributed by atoms with van der Waals surface area (Å²) in [5.41, 5.74) is 7.98. The molecule has 1 aromatic carbocycles. The average Bonchev–Trinajstić information content (AvgIpc) is 3.68. The van der Waals surface area contributed by atoms with E-state index in [1.165, 1.54) is 57.2 Å². The van der Waals surface area contributed by atoms with Crippen LogP contribution in [0.4, 0.5) is 17.3 Å². The second-order valence-corrected chi connectivity index (χ2v) is 11.9. The maximum atomic E-state index is 12.3. The Kier molecular flexibility index (Phi) is 7.68. The first kappa shape index (κ1) is 26.0. The SMILES string of the molecule is NC(=O)c1ncc(N2CCCC(NC(=O)C3CC3)C2)nc1Nc1ccc(C2CCN(C3CCCC3)CC2)cc1. The monoisotopic (exact) mass is 531 g/mol. The van der Waals surface area contributed by atoms with E-state index in [0.29, 0.717) is 24.1 Å². The first-order valence-corrected chi connectivity index (χ1v) is 14.9. The summed E-state index contributed by atoms with van der Waals surface area (Å²) in [5.74, 6) is 1.38. The second kappa shape index (κ2) is 11.5. The van der Waals surface area contributed by atoms with Crippen LogP contribution in [0.1, 0.15) is 86.2 Å². The Morgan fingerprint density at radius 2 is 1.64 bits per heavy atom. The van der Waals surface area contributed by atoms with Gasteiger partial charge in [0.25, 0.3) is 5.91 Å². The number of benzene rings is 1. The number of amides is 2. The molecule has 0 bridgehead atoms. The number of nitrogens with one attached hydrogen (secondary N) is 2. The number of hydrogen-bond donors (Lipinski definition) is 3. The lowest BCUT2D eigenvalue weighted by Gasteiger charge is -2.36. The van der Waals surface area contributed by atoms with Crippen LogP contribution in [0.2, 0.25) is 0 Å². The molecule has 4 fully saturated rings. The van der Waals surface area contributed by atoms with Crippen molar-refractivity contribution < 1.29 is 9.59 Å². The first-order valence-electron chi connectivity index (χ1n) is 14.9. The van der Waals surface area contributed by atoms with E-state index in [0.717, 1.165) is 44.0 Å². The van der Waals surface area contributed by atoms with Gasteiger partial charge in [-0.05, 0) is 88.1 Å². The molecule has 2 saturated heterocycles. The van der Waals surface area contributed by atoms with Crippen molar-refractivity contribution in [3.8, 4) is 0 Å². The zero-order chi connectivity index (χ0) is 26.8. The van der Waals surface area contributed by atoms with Crippen LogP contribution >= 0.6 is 0 Å². The largest absolute Gasteiger partial charge is 0.364 e. The molecule has 208 valence electrons. The van der Waals surface area contributed by atoms with Crippen molar-refractivity contribution in [1.29, 1.82) is 0 Å². The van der Waals surface area contributed by atoms with Crippen molar-refractivity contribution in [1.82, 2.24) is 20.2 Å². The molecule has 1 atom stereocenters. The standard InChI is InChI=1S/C30H41N7O2/c31-28(38)27-29(35-26(18-32-27)37-15-3-4-24(19-37)34-30(39)22-7-8-22)33-23-11-9-20(10-12-23)21-13-16-36(17-14-21)25-5-1-2-6-25/h9-12,18,21-22,24-25H,1-8,13-17,19H2,(H2,31,38)(H,33,35)(H,34,39). The molecule has 0 radical (unpaired) electrons. The van der Waals surface area contributed by atoms with Crippen molar-refractivity contribution >= 4 is 29.1 Å². The molecule has 2 aliphatic carbocycles. The Morgan fingerprint density at radius 3 is 2.33 bits per heavy atom. The van der Waals surface area contributed by atoms with Gasteiger partial charge in [0.2, 0.25) is 5.91 Å². The highest BCUT2D eigenvalue weighted by Crippen LogP contribution is 2.33. The van der Waals surface area contributed by atoms with E-state index >= 15 is 0 Å². The third kappa shape index (κ3) is 6.19. The van der Waals surface area contributed by atoms with Gasteiger partial charge < -0.3 is 26.2 Å². The number of likely N-dealkylation sites (tertiary alicyclic amines) is 1. The van der Waals surface area contributed by atoms with E-state index < -0.39 is 5.91 Å². The zero-order valence-electron chi connectivity index (χ0n) is 22.8. The van der Waals surface area contributed by atoms with Crippen LogP contribution in [0.3, 0.4) is 0 Å². The molecule has 4 N–H and O–H groups in total. The summed E-state index contributed by atoms with van der Waals surface area (Å²) in [6, 6.07) is 9.41. The number of carbonyl (C=O) groups excluding carboxylic acids is 2. The summed E-state index contributed by atoms with van der Waals surface area (Å²) in [5, 5.41) is 6.49. The lowest BCUT2D eigenvalue weighted by molar-refractivity contribution is -0.123. The van der Waals surface area contributed by atoms with Crippen molar-refractivity contribution in [2.24, 2.45) is 11.7 Å². The fraction of sp³-hybridized carbons (Fsp3) is 0.600. The van der Waals surface area contributed by atoms with Gasteiger partial charge in [0.15, 0.2) is 11.5 Å². The summed E-state index contributed by atoms with van der Waals surface area (Å²) < 4.78 is 0. The first-order chi connectivity index (χ1) is 19.0. The van der Waals surface area contributed by atoms with Gasteiger partial charge >= 0.3 is 0 Å². The molecule has 2 saturated carbocycles. The van der Waals surface area contributed by atoms with Crippen LogP contribution < -0.4 is 21.3 Å². The Morgan fingerprint density at radius 1 is 0.897 bits per heavy atom. The number of carbonyl (C=O) groups is 2. The highest BCUT2D eigenvalue weighted by Gasteiger charge is 2.32. The normalized spacial score (nSPS) is 23.1. The van der Waals surface area contributed by atoms with E-state index in [2.05, 4.69) is 49.7 Å². The van der Waals surface area contributed by atoms with Crippen LogP contribution in [0.25, 0.3) is 0 Å². The molecular weight excluding hydrogens is 490 g/mol. The number of piperidine rings is 2. The molecule has 4 aliphatic rings. The lowest BCUT2D eigenvalue weighted by atomic mass is 9.88. The molecule has 0 spiro atoms. The topological polar surface area (TPSA) is 116 Å². The van der Waals surface area contributed by atoms with E-state index in [1.54, 1.807) is 6.20 Å². The predicted molar refractivity (Wildman–Crippen MR) is 152 cm³/mol. The van der Waals surface area contributed by atoms with Crippen LogP contribution in [-0.2, 0) is 4.79 Å². The van der Waals surface area contributed by atoms with Gasteiger partial charge in [-0.2, -0.15) is 0 Å². The van der Waals surface area contributed by atoms with E-state index in [1.807, 2.05) is 0 Å². The number of hydrogen-bond acceptors (Lipinski definition) is 7. The Hall–Kier alpha value is -3.20.